The summed E-state index contributed by atoms with van der Waals surface area (Å²) >= 11 is 0. The van der Waals surface area contributed by atoms with E-state index in [1.54, 1.807) is 0 Å². The number of imidazole rings is 1. The van der Waals surface area contributed by atoms with Crippen molar-refractivity contribution in [3.05, 3.63) is 54.1 Å². The summed E-state index contributed by atoms with van der Waals surface area (Å²) < 4.78 is 7.11. The van der Waals surface area contributed by atoms with Crippen LogP contribution in [0.5, 0.6) is 0 Å². The smallest absolute Gasteiger partial charge is 0.259 e. The van der Waals surface area contributed by atoms with Crippen LogP contribution in [0.1, 0.15) is 5.56 Å². The second kappa shape index (κ2) is 3.55. The summed E-state index contributed by atoms with van der Waals surface area (Å²) in [6.45, 7) is 0.965. The Hall–Kier alpha value is -2.55. The molecule has 0 aliphatic carbocycles. The highest BCUT2D eigenvalue weighted by atomic mass is 15.2. The molecular formula is C18H16N3+. The Morgan fingerprint density at radius 2 is 1.67 bits per heavy atom. The Kier molecular flexibility index (Phi) is 1.89. The molecule has 0 fully saturated rings. The predicted molar refractivity (Wildman–Crippen MR) is 84.1 cm³/mol. The largest absolute Gasteiger partial charge is 0.269 e. The average Bonchev–Trinajstić information content (AvgIpc) is 3.11. The third-order valence-electron chi connectivity index (χ3n) is 4.80. The minimum absolute atomic E-state index is 0.965. The van der Waals surface area contributed by atoms with Crippen LogP contribution in [0.25, 0.3) is 33.5 Å². The molecule has 5 rings (SSSR count). The number of hydrogen-bond acceptors (Lipinski definition) is 0. The fourth-order valence-corrected chi connectivity index (χ4v) is 3.91. The Morgan fingerprint density at radius 1 is 0.905 bits per heavy atom. The van der Waals surface area contributed by atoms with Crippen LogP contribution >= 0.6 is 0 Å². The third-order valence-corrected chi connectivity index (χ3v) is 4.80. The lowest BCUT2D eigenvalue weighted by Crippen LogP contribution is -2.33. The van der Waals surface area contributed by atoms with Gasteiger partial charge in [-0.2, -0.15) is 0 Å². The maximum atomic E-state index is 2.44. The van der Waals surface area contributed by atoms with E-state index in [2.05, 4.69) is 76.3 Å². The Bertz CT molecular complexity index is 1030. The van der Waals surface area contributed by atoms with Gasteiger partial charge in [-0.25, -0.2) is 4.57 Å². The highest BCUT2D eigenvalue weighted by Crippen LogP contribution is 2.34. The minimum Gasteiger partial charge on any atom is -0.259 e. The van der Waals surface area contributed by atoms with Crippen LogP contribution in [0.3, 0.4) is 0 Å². The minimum atomic E-state index is 0.965. The normalized spacial score (nSPS) is 13.0. The summed E-state index contributed by atoms with van der Waals surface area (Å²) in [6, 6.07) is 17.4. The number of fused-ring (bicyclic) bond motifs is 7. The van der Waals surface area contributed by atoms with Crippen molar-refractivity contribution in [2.24, 2.45) is 14.1 Å². The molecule has 21 heavy (non-hydrogen) atoms. The van der Waals surface area contributed by atoms with Crippen LogP contribution in [0, 0.1) is 0 Å². The van der Waals surface area contributed by atoms with Crippen molar-refractivity contribution in [2.75, 3.05) is 0 Å². The molecule has 3 heterocycles. The number of nitrogens with zero attached hydrogens (tertiary/aromatic N) is 3. The number of aromatic nitrogens is 3. The number of rotatable bonds is 0. The van der Waals surface area contributed by atoms with Gasteiger partial charge < -0.3 is 0 Å². The van der Waals surface area contributed by atoms with Crippen molar-refractivity contribution in [1.82, 2.24) is 9.13 Å². The predicted octanol–water partition coefficient (Wildman–Crippen LogP) is 2.99. The van der Waals surface area contributed by atoms with Crippen molar-refractivity contribution in [3.63, 3.8) is 0 Å². The van der Waals surface area contributed by atoms with Gasteiger partial charge in [-0.1, -0.05) is 30.3 Å². The van der Waals surface area contributed by atoms with Crippen molar-refractivity contribution in [2.45, 2.75) is 6.54 Å². The summed E-state index contributed by atoms with van der Waals surface area (Å²) in [6.07, 6.45) is 0. The highest BCUT2D eigenvalue weighted by molar-refractivity contribution is 6.04. The molecule has 0 bridgehead atoms. The van der Waals surface area contributed by atoms with E-state index in [0.29, 0.717) is 0 Å². The first-order valence-corrected chi connectivity index (χ1v) is 7.31. The van der Waals surface area contributed by atoms with Gasteiger partial charge in [-0.05, 0) is 18.2 Å². The van der Waals surface area contributed by atoms with E-state index in [1.165, 1.54) is 39.0 Å². The second-order valence-electron chi connectivity index (χ2n) is 5.87. The molecule has 1 aliphatic rings. The molecular weight excluding hydrogens is 258 g/mol. The fourth-order valence-electron chi connectivity index (χ4n) is 3.91. The topological polar surface area (TPSA) is 13.7 Å². The lowest BCUT2D eigenvalue weighted by atomic mass is 10.1. The van der Waals surface area contributed by atoms with Gasteiger partial charge in [0.2, 0.25) is 5.82 Å². The van der Waals surface area contributed by atoms with Gasteiger partial charge in [0.25, 0.3) is 5.65 Å². The maximum Gasteiger partial charge on any atom is 0.269 e. The fraction of sp³-hybridized carbons (Fsp3) is 0.167. The van der Waals surface area contributed by atoms with E-state index in [-0.39, 0.29) is 0 Å². The molecule has 2 aromatic carbocycles. The highest BCUT2D eigenvalue weighted by Gasteiger charge is 2.33. The Labute approximate surface area is 122 Å². The zero-order chi connectivity index (χ0) is 14.1. The van der Waals surface area contributed by atoms with E-state index in [1.807, 2.05) is 0 Å². The van der Waals surface area contributed by atoms with Crippen molar-refractivity contribution in [1.29, 1.82) is 0 Å². The molecule has 0 unspecified atom stereocenters. The second-order valence-corrected chi connectivity index (χ2v) is 5.87. The van der Waals surface area contributed by atoms with Gasteiger partial charge in [0.1, 0.15) is 5.52 Å². The van der Waals surface area contributed by atoms with Crippen LogP contribution < -0.4 is 4.57 Å². The van der Waals surface area contributed by atoms with E-state index in [9.17, 15) is 0 Å². The molecule has 0 amide bonds. The molecule has 0 radical (unpaired) electrons. The number of aryl methyl sites for hydroxylation is 2. The molecule has 0 atom stereocenters. The van der Waals surface area contributed by atoms with Crippen LogP contribution in [0.4, 0.5) is 0 Å². The van der Waals surface area contributed by atoms with Gasteiger partial charge >= 0.3 is 0 Å². The average molecular weight is 274 g/mol. The zero-order valence-electron chi connectivity index (χ0n) is 12.2. The van der Waals surface area contributed by atoms with Crippen molar-refractivity contribution in [3.8, 4) is 11.4 Å². The SMILES string of the molecule is Cn1c2[n+](c3c1c1ccccc1n3C)Cc1ccccc1-2. The van der Waals surface area contributed by atoms with E-state index in [4.69, 9.17) is 0 Å². The molecule has 0 saturated carbocycles. The molecule has 0 N–H and O–H groups in total. The molecule has 1 aliphatic heterocycles. The number of hydrogen-bond donors (Lipinski definition) is 0. The van der Waals surface area contributed by atoms with E-state index in [0.717, 1.165) is 6.54 Å². The van der Waals surface area contributed by atoms with Gasteiger partial charge in [0.05, 0.1) is 31.6 Å². The summed E-state index contributed by atoms with van der Waals surface area (Å²) in [5.74, 6) is 1.32. The zero-order valence-corrected chi connectivity index (χ0v) is 12.2. The third kappa shape index (κ3) is 1.18. The summed E-state index contributed by atoms with van der Waals surface area (Å²) in [5.41, 5.74) is 6.71. The Balaban J connectivity index is 2.02. The lowest BCUT2D eigenvalue weighted by molar-refractivity contribution is -0.648. The van der Waals surface area contributed by atoms with Crippen molar-refractivity contribution >= 4 is 22.1 Å². The molecule has 0 spiro atoms. The van der Waals surface area contributed by atoms with Gasteiger partial charge in [-0.3, -0.25) is 9.13 Å². The van der Waals surface area contributed by atoms with Crippen LogP contribution in [0.2, 0.25) is 0 Å². The van der Waals surface area contributed by atoms with E-state index < -0.39 is 0 Å². The standard InChI is InChI=1S/C18H16N3/c1-19-15-10-6-5-9-14(15)16-18(19)21-11-12-7-3-4-8-13(12)17(21)20(16)2/h3-10H,11H2,1-2H3/q+1. The first-order valence-electron chi connectivity index (χ1n) is 7.31. The van der Waals surface area contributed by atoms with E-state index >= 15 is 0 Å². The molecule has 0 saturated heterocycles. The van der Waals surface area contributed by atoms with Gasteiger partial charge in [-0.15, -0.1) is 0 Å². The number of para-hydroxylation sites is 1. The molecule has 3 nitrogen and oxygen atoms in total. The molecule has 102 valence electrons. The first kappa shape index (κ1) is 11.1. The van der Waals surface area contributed by atoms with Crippen LogP contribution in [0.15, 0.2) is 48.5 Å². The molecule has 2 aromatic heterocycles. The first-order chi connectivity index (χ1) is 10.3. The Morgan fingerprint density at radius 3 is 2.57 bits per heavy atom. The van der Waals surface area contributed by atoms with Crippen molar-refractivity contribution < 1.29 is 4.57 Å². The lowest BCUT2D eigenvalue weighted by Gasteiger charge is -1.97. The summed E-state index contributed by atoms with van der Waals surface area (Å²) in [5, 5.41) is 1.33. The monoisotopic (exact) mass is 274 g/mol. The summed E-state index contributed by atoms with van der Waals surface area (Å²) in [7, 11) is 4.35. The number of benzene rings is 2. The van der Waals surface area contributed by atoms with Gasteiger partial charge in [0.15, 0.2) is 5.52 Å². The van der Waals surface area contributed by atoms with Gasteiger partial charge in [0, 0.05) is 5.56 Å². The van der Waals surface area contributed by atoms with Crippen LogP contribution in [-0.4, -0.2) is 9.13 Å². The maximum absolute atomic E-state index is 2.44. The molecule has 3 heteroatoms. The molecule has 4 aromatic rings. The van der Waals surface area contributed by atoms with Crippen LogP contribution in [-0.2, 0) is 20.6 Å². The summed E-state index contributed by atoms with van der Waals surface area (Å²) in [4.78, 5) is 0. The quantitative estimate of drug-likeness (QED) is 0.385.